The average Bonchev–Trinajstić information content (AvgIpc) is 2.49. The normalized spacial score (nSPS) is 28.6. The Bertz CT molecular complexity index is 534. The lowest BCUT2D eigenvalue weighted by molar-refractivity contribution is 0.392. The van der Waals surface area contributed by atoms with Gasteiger partial charge in [0.2, 0.25) is 0 Å². The van der Waals surface area contributed by atoms with Crippen molar-refractivity contribution in [2.45, 2.75) is 32.1 Å². The monoisotopic (exact) mass is 336 g/mol. The molecule has 0 heterocycles. The van der Waals surface area contributed by atoms with Gasteiger partial charge < -0.3 is 0 Å². The first kappa shape index (κ1) is 11.5. The van der Waals surface area contributed by atoms with Gasteiger partial charge in [-0.1, -0.05) is 43.7 Å². The largest absolute Gasteiger partial charge is 0.0767 e. The van der Waals surface area contributed by atoms with Crippen molar-refractivity contribution < 1.29 is 0 Å². The van der Waals surface area contributed by atoms with Gasteiger partial charge in [-0.05, 0) is 64.1 Å². The number of hydrogen-bond acceptors (Lipinski definition) is 0. The Hall–Kier alpha value is -0.570. The van der Waals surface area contributed by atoms with Crippen molar-refractivity contribution in [3.63, 3.8) is 0 Å². The van der Waals surface area contributed by atoms with Crippen LogP contribution in [0.3, 0.4) is 0 Å². The Morgan fingerprint density at radius 2 is 2.00 bits per heavy atom. The average molecular weight is 336 g/mol. The summed E-state index contributed by atoms with van der Waals surface area (Å²) in [4.78, 5) is 0. The van der Waals surface area contributed by atoms with Crippen molar-refractivity contribution >= 4 is 22.6 Å². The number of rotatable bonds is 0. The van der Waals surface area contributed by atoms with Gasteiger partial charge in [0, 0.05) is 9.49 Å². The molecule has 1 aromatic rings. The maximum atomic E-state index is 2.46. The van der Waals surface area contributed by atoms with Crippen LogP contribution in [0.15, 0.2) is 42.0 Å². The molecule has 0 nitrogen and oxygen atoms in total. The fourth-order valence-corrected chi connectivity index (χ4v) is 3.82. The quantitative estimate of drug-likeness (QED) is 0.597. The molecule has 2 aliphatic rings. The molecule has 2 aliphatic carbocycles. The van der Waals surface area contributed by atoms with Crippen LogP contribution in [0.1, 0.15) is 37.8 Å². The van der Waals surface area contributed by atoms with E-state index in [-0.39, 0.29) is 5.41 Å². The van der Waals surface area contributed by atoms with E-state index in [4.69, 9.17) is 0 Å². The summed E-state index contributed by atoms with van der Waals surface area (Å²) >= 11 is 2.41. The van der Waals surface area contributed by atoms with Crippen LogP contribution in [-0.2, 0) is 5.41 Å². The SMILES string of the molecule is CC1=CC2C(C=C1)c1ccc(I)cc1C2(C)C. The standard InChI is InChI=1S/C16H17I/c1-10-4-6-12-13-7-5-11(17)9-15(13)16(2,3)14(12)8-10/h4-9,12,14H,1-3H3. The second kappa shape index (κ2) is 3.71. The van der Waals surface area contributed by atoms with E-state index in [0.717, 1.165) is 0 Å². The Balaban J connectivity index is 2.21. The third-order valence-corrected chi connectivity index (χ3v) is 4.97. The van der Waals surface area contributed by atoms with Crippen molar-refractivity contribution in [3.05, 3.63) is 56.7 Å². The summed E-state index contributed by atoms with van der Waals surface area (Å²) < 4.78 is 1.35. The van der Waals surface area contributed by atoms with Crippen molar-refractivity contribution in [2.24, 2.45) is 5.92 Å². The molecular weight excluding hydrogens is 319 g/mol. The molecule has 0 saturated carbocycles. The molecule has 2 unspecified atom stereocenters. The van der Waals surface area contributed by atoms with Gasteiger partial charge in [-0.2, -0.15) is 0 Å². The molecule has 17 heavy (non-hydrogen) atoms. The minimum Gasteiger partial charge on any atom is -0.0767 e. The minimum absolute atomic E-state index is 0.257. The molecule has 0 amide bonds. The molecule has 0 aliphatic heterocycles. The van der Waals surface area contributed by atoms with Gasteiger partial charge in [0.05, 0.1) is 0 Å². The fraction of sp³-hybridized carbons (Fsp3) is 0.375. The lowest BCUT2D eigenvalue weighted by atomic mass is 9.73. The molecule has 1 heteroatoms. The van der Waals surface area contributed by atoms with Crippen LogP contribution in [0, 0.1) is 9.49 Å². The number of allylic oxidation sites excluding steroid dienone is 4. The molecule has 1 aromatic carbocycles. The maximum Gasteiger partial charge on any atom is 0.0133 e. The van der Waals surface area contributed by atoms with E-state index in [9.17, 15) is 0 Å². The van der Waals surface area contributed by atoms with Crippen LogP contribution in [0.2, 0.25) is 0 Å². The van der Waals surface area contributed by atoms with Crippen molar-refractivity contribution in [1.29, 1.82) is 0 Å². The number of halogens is 1. The lowest BCUT2D eigenvalue weighted by Gasteiger charge is -2.30. The third kappa shape index (κ3) is 1.62. The van der Waals surface area contributed by atoms with Gasteiger partial charge in [0.15, 0.2) is 0 Å². The summed E-state index contributed by atoms with van der Waals surface area (Å²) in [6.45, 7) is 6.97. The van der Waals surface area contributed by atoms with E-state index in [0.29, 0.717) is 11.8 Å². The second-order valence-corrected chi connectivity index (χ2v) is 7.02. The van der Waals surface area contributed by atoms with E-state index in [1.54, 1.807) is 0 Å². The summed E-state index contributed by atoms with van der Waals surface area (Å²) in [5, 5.41) is 0. The summed E-state index contributed by atoms with van der Waals surface area (Å²) in [5.41, 5.74) is 4.73. The molecule has 0 bridgehead atoms. The van der Waals surface area contributed by atoms with Gasteiger partial charge in [-0.3, -0.25) is 0 Å². The maximum absolute atomic E-state index is 2.46. The highest BCUT2D eigenvalue weighted by molar-refractivity contribution is 14.1. The van der Waals surface area contributed by atoms with Gasteiger partial charge in [0.25, 0.3) is 0 Å². The highest BCUT2D eigenvalue weighted by Crippen LogP contribution is 2.53. The lowest BCUT2D eigenvalue weighted by Crippen LogP contribution is -2.25. The van der Waals surface area contributed by atoms with Crippen LogP contribution in [-0.4, -0.2) is 0 Å². The van der Waals surface area contributed by atoms with Crippen LogP contribution < -0.4 is 0 Å². The van der Waals surface area contributed by atoms with Crippen LogP contribution in [0.25, 0.3) is 0 Å². The van der Waals surface area contributed by atoms with E-state index in [1.165, 1.54) is 20.3 Å². The molecule has 0 spiro atoms. The molecule has 0 aromatic heterocycles. The Morgan fingerprint density at radius 1 is 1.24 bits per heavy atom. The summed E-state index contributed by atoms with van der Waals surface area (Å²) in [7, 11) is 0. The van der Waals surface area contributed by atoms with Crippen molar-refractivity contribution in [1.82, 2.24) is 0 Å². The van der Waals surface area contributed by atoms with Crippen LogP contribution in [0.5, 0.6) is 0 Å². The van der Waals surface area contributed by atoms with E-state index < -0.39 is 0 Å². The molecule has 0 N–H and O–H groups in total. The first-order chi connectivity index (χ1) is 8.00. The van der Waals surface area contributed by atoms with Crippen molar-refractivity contribution in [2.75, 3.05) is 0 Å². The highest BCUT2D eigenvalue weighted by atomic mass is 127. The molecule has 3 rings (SSSR count). The van der Waals surface area contributed by atoms with Gasteiger partial charge in [0.1, 0.15) is 0 Å². The second-order valence-electron chi connectivity index (χ2n) is 5.77. The van der Waals surface area contributed by atoms with E-state index in [1.807, 2.05) is 0 Å². The fourth-order valence-electron chi connectivity index (χ4n) is 3.33. The first-order valence-electron chi connectivity index (χ1n) is 6.17. The smallest absolute Gasteiger partial charge is 0.0133 e. The Labute approximate surface area is 117 Å². The van der Waals surface area contributed by atoms with Crippen molar-refractivity contribution in [3.8, 4) is 0 Å². The van der Waals surface area contributed by atoms with Crippen LogP contribution >= 0.6 is 22.6 Å². The van der Waals surface area contributed by atoms with Gasteiger partial charge in [-0.25, -0.2) is 0 Å². The zero-order chi connectivity index (χ0) is 12.2. The predicted molar refractivity (Wildman–Crippen MR) is 81.3 cm³/mol. The highest BCUT2D eigenvalue weighted by Gasteiger charge is 2.44. The Kier molecular flexibility index (Phi) is 2.51. The summed E-state index contributed by atoms with van der Waals surface area (Å²) in [6, 6.07) is 6.92. The zero-order valence-corrected chi connectivity index (χ0v) is 12.7. The number of hydrogen-bond donors (Lipinski definition) is 0. The minimum atomic E-state index is 0.257. The first-order valence-corrected chi connectivity index (χ1v) is 7.24. The molecule has 0 fully saturated rings. The molecular formula is C16H17I. The topological polar surface area (TPSA) is 0 Å². The molecule has 0 radical (unpaired) electrons. The zero-order valence-electron chi connectivity index (χ0n) is 10.5. The van der Waals surface area contributed by atoms with E-state index >= 15 is 0 Å². The summed E-state index contributed by atoms with van der Waals surface area (Å²) in [5.74, 6) is 1.21. The summed E-state index contributed by atoms with van der Waals surface area (Å²) in [6.07, 6.45) is 7.11. The molecule has 2 atom stereocenters. The van der Waals surface area contributed by atoms with Crippen LogP contribution in [0.4, 0.5) is 0 Å². The third-order valence-electron chi connectivity index (χ3n) is 4.30. The van der Waals surface area contributed by atoms with Gasteiger partial charge >= 0.3 is 0 Å². The predicted octanol–water partition coefficient (Wildman–Crippen LogP) is 4.80. The van der Waals surface area contributed by atoms with Gasteiger partial charge in [-0.15, -0.1) is 0 Å². The molecule has 88 valence electrons. The van der Waals surface area contributed by atoms with E-state index in [2.05, 4.69) is 79.8 Å². The number of fused-ring (bicyclic) bond motifs is 3. The number of benzene rings is 1. The Morgan fingerprint density at radius 3 is 2.76 bits per heavy atom. The molecule has 0 saturated heterocycles.